The number of sulfonamides is 1. The molecule has 1 aliphatic rings. The average Bonchev–Trinajstić information content (AvgIpc) is 3.06. The first kappa shape index (κ1) is 18.3. The Morgan fingerprint density at radius 2 is 2.00 bits per heavy atom. The molecule has 0 saturated heterocycles. The molecule has 0 spiro atoms. The van der Waals surface area contributed by atoms with Crippen molar-refractivity contribution in [2.45, 2.75) is 4.90 Å². The van der Waals surface area contributed by atoms with E-state index in [0.717, 1.165) is 17.5 Å². The molecule has 26 heavy (non-hydrogen) atoms. The number of anilines is 1. The Morgan fingerprint density at radius 3 is 2.65 bits per heavy atom. The third-order valence-electron chi connectivity index (χ3n) is 3.73. The maximum atomic E-state index is 14.2. The SMILES string of the molecule is COC(=O)c1cc(F)c2c(c1)N(S(=O)(=O)c1cc(Cl)ccc1OC)CO2. The van der Waals surface area contributed by atoms with Gasteiger partial charge in [-0.1, -0.05) is 11.6 Å². The minimum absolute atomic E-state index is 0.0624. The summed E-state index contributed by atoms with van der Waals surface area (Å²) in [5.41, 5.74) is -0.264. The highest BCUT2D eigenvalue weighted by atomic mass is 35.5. The van der Waals surface area contributed by atoms with Crippen molar-refractivity contribution in [2.24, 2.45) is 0 Å². The number of hydrogen-bond donors (Lipinski definition) is 0. The summed E-state index contributed by atoms with van der Waals surface area (Å²) in [6, 6.07) is 6.20. The van der Waals surface area contributed by atoms with Crippen LogP contribution in [0.15, 0.2) is 35.2 Å². The zero-order valence-electron chi connectivity index (χ0n) is 13.7. The molecule has 10 heteroatoms. The van der Waals surface area contributed by atoms with Gasteiger partial charge in [0, 0.05) is 5.02 Å². The Hall–Kier alpha value is -2.52. The standard InChI is InChI=1S/C16H13ClFNO6S/c1-23-13-4-3-10(17)7-14(13)26(21,22)19-8-25-15-11(18)5-9(6-12(15)19)16(20)24-2/h3-7H,8H2,1-2H3. The summed E-state index contributed by atoms with van der Waals surface area (Å²) in [6.07, 6.45) is 0. The van der Waals surface area contributed by atoms with E-state index < -0.39 is 28.5 Å². The van der Waals surface area contributed by atoms with Crippen LogP contribution in [0.1, 0.15) is 10.4 Å². The number of methoxy groups -OCH3 is 2. The predicted molar refractivity (Wildman–Crippen MR) is 90.9 cm³/mol. The molecule has 7 nitrogen and oxygen atoms in total. The molecular weight excluding hydrogens is 389 g/mol. The lowest BCUT2D eigenvalue weighted by Crippen LogP contribution is -2.30. The van der Waals surface area contributed by atoms with Gasteiger partial charge in [0.25, 0.3) is 10.0 Å². The van der Waals surface area contributed by atoms with Gasteiger partial charge in [0.1, 0.15) is 16.3 Å². The highest BCUT2D eigenvalue weighted by Crippen LogP contribution is 2.42. The number of halogens is 2. The molecule has 138 valence electrons. The van der Waals surface area contributed by atoms with Crippen molar-refractivity contribution in [3.63, 3.8) is 0 Å². The van der Waals surface area contributed by atoms with Gasteiger partial charge >= 0.3 is 5.97 Å². The van der Waals surface area contributed by atoms with Gasteiger partial charge in [0.15, 0.2) is 18.3 Å². The van der Waals surface area contributed by atoms with Crippen LogP contribution in [-0.4, -0.2) is 35.3 Å². The van der Waals surface area contributed by atoms with E-state index in [9.17, 15) is 17.6 Å². The third-order valence-corrected chi connectivity index (χ3v) is 5.73. The molecular formula is C16H13ClFNO6S. The summed E-state index contributed by atoms with van der Waals surface area (Å²) in [4.78, 5) is 11.5. The minimum atomic E-state index is -4.20. The van der Waals surface area contributed by atoms with Crippen molar-refractivity contribution >= 4 is 33.3 Å². The van der Waals surface area contributed by atoms with E-state index in [-0.39, 0.29) is 32.7 Å². The summed E-state index contributed by atoms with van der Waals surface area (Å²) in [6.45, 7) is -0.463. The Bertz CT molecular complexity index is 994. The predicted octanol–water partition coefficient (Wildman–Crippen LogP) is 2.82. The van der Waals surface area contributed by atoms with Gasteiger partial charge in [0.05, 0.1) is 19.8 Å². The van der Waals surface area contributed by atoms with Crippen molar-refractivity contribution in [1.29, 1.82) is 0 Å². The second kappa shape index (κ2) is 6.65. The number of carbonyl (C=O) groups excluding carboxylic acids is 1. The van der Waals surface area contributed by atoms with Crippen LogP contribution in [0, 0.1) is 5.82 Å². The van der Waals surface area contributed by atoms with Crippen molar-refractivity contribution in [3.05, 3.63) is 46.7 Å². The van der Waals surface area contributed by atoms with E-state index >= 15 is 0 Å². The first-order valence-electron chi connectivity index (χ1n) is 7.20. The summed E-state index contributed by atoms with van der Waals surface area (Å²) in [5, 5.41) is 0.180. The van der Waals surface area contributed by atoms with Gasteiger partial charge in [-0.2, -0.15) is 0 Å². The van der Waals surface area contributed by atoms with Crippen LogP contribution in [0.5, 0.6) is 11.5 Å². The van der Waals surface area contributed by atoms with Crippen molar-refractivity contribution in [1.82, 2.24) is 0 Å². The zero-order chi connectivity index (χ0) is 19.1. The maximum Gasteiger partial charge on any atom is 0.338 e. The number of esters is 1. The lowest BCUT2D eigenvalue weighted by atomic mass is 10.2. The average molecular weight is 402 g/mol. The van der Waals surface area contributed by atoms with Crippen LogP contribution in [-0.2, 0) is 14.8 Å². The van der Waals surface area contributed by atoms with Crippen molar-refractivity contribution in [2.75, 3.05) is 25.3 Å². The molecule has 2 aromatic carbocycles. The van der Waals surface area contributed by atoms with Crippen LogP contribution < -0.4 is 13.8 Å². The van der Waals surface area contributed by atoms with Crippen LogP contribution in [0.3, 0.4) is 0 Å². The van der Waals surface area contributed by atoms with E-state index in [1.165, 1.54) is 31.4 Å². The molecule has 0 N–H and O–H groups in total. The molecule has 0 amide bonds. The molecule has 0 saturated carbocycles. The van der Waals surface area contributed by atoms with E-state index in [1.54, 1.807) is 0 Å². The smallest absolute Gasteiger partial charge is 0.338 e. The van der Waals surface area contributed by atoms with Gasteiger partial charge in [-0.05, 0) is 30.3 Å². The number of fused-ring (bicyclic) bond motifs is 1. The van der Waals surface area contributed by atoms with Gasteiger partial charge in [-0.15, -0.1) is 0 Å². The summed E-state index contributed by atoms with van der Waals surface area (Å²) >= 11 is 5.91. The summed E-state index contributed by atoms with van der Waals surface area (Å²) < 4.78 is 56.0. The highest BCUT2D eigenvalue weighted by Gasteiger charge is 2.37. The molecule has 0 bridgehead atoms. The fourth-order valence-electron chi connectivity index (χ4n) is 2.51. The molecule has 3 rings (SSSR count). The van der Waals surface area contributed by atoms with Crippen LogP contribution in [0.25, 0.3) is 0 Å². The highest BCUT2D eigenvalue weighted by molar-refractivity contribution is 7.93. The van der Waals surface area contributed by atoms with Crippen LogP contribution in [0.2, 0.25) is 5.02 Å². The van der Waals surface area contributed by atoms with Crippen molar-refractivity contribution in [3.8, 4) is 11.5 Å². The second-order valence-corrected chi connectivity index (χ2v) is 7.49. The monoisotopic (exact) mass is 401 g/mol. The minimum Gasteiger partial charge on any atom is -0.495 e. The van der Waals surface area contributed by atoms with Crippen LogP contribution in [0.4, 0.5) is 10.1 Å². The number of ether oxygens (including phenoxy) is 3. The molecule has 0 radical (unpaired) electrons. The molecule has 2 aromatic rings. The van der Waals surface area contributed by atoms with E-state index in [0.29, 0.717) is 0 Å². The summed E-state index contributed by atoms with van der Waals surface area (Å²) in [7, 11) is -1.76. The van der Waals surface area contributed by atoms with E-state index in [1.807, 2.05) is 0 Å². The lowest BCUT2D eigenvalue weighted by Gasteiger charge is -2.19. The van der Waals surface area contributed by atoms with Gasteiger partial charge in [-0.3, -0.25) is 0 Å². The van der Waals surface area contributed by atoms with Crippen LogP contribution >= 0.6 is 11.6 Å². The number of hydrogen-bond acceptors (Lipinski definition) is 6. The molecule has 0 aromatic heterocycles. The quantitative estimate of drug-likeness (QED) is 0.733. The number of rotatable bonds is 4. The fourth-order valence-corrected chi connectivity index (χ4v) is 4.25. The van der Waals surface area contributed by atoms with Gasteiger partial charge in [-0.25, -0.2) is 21.9 Å². The van der Waals surface area contributed by atoms with Gasteiger partial charge in [0.2, 0.25) is 0 Å². The maximum absolute atomic E-state index is 14.2. The number of benzene rings is 2. The summed E-state index contributed by atoms with van der Waals surface area (Å²) in [5.74, 6) is -1.90. The number of nitrogens with zero attached hydrogens (tertiary/aromatic N) is 1. The Kier molecular flexibility index (Phi) is 4.68. The molecule has 0 aliphatic carbocycles. The Morgan fingerprint density at radius 1 is 1.27 bits per heavy atom. The first-order chi connectivity index (χ1) is 12.3. The molecule has 0 unspecified atom stereocenters. The fraction of sp³-hybridized carbons (Fsp3) is 0.188. The Balaban J connectivity index is 2.15. The molecule has 1 heterocycles. The van der Waals surface area contributed by atoms with E-state index in [2.05, 4.69) is 4.74 Å². The van der Waals surface area contributed by atoms with Gasteiger partial charge < -0.3 is 14.2 Å². The number of carbonyl (C=O) groups is 1. The third kappa shape index (κ3) is 2.93. The zero-order valence-corrected chi connectivity index (χ0v) is 15.2. The largest absolute Gasteiger partial charge is 0.495 e. The van der Waals surface area contributed by atoms with Crippen molar-refractivity contribution < 1.29 is 31.8 Å². The van der Waals surface area contributed by atoms with E-state index in [4.69, 9.17) is 21.1 Å². The second-order valence-electron chi connectivity index (χ2n) is 5.22. The molecule has 0 atom stereocenters. The molecule has 0 fully saturated rings. The Labute approximate surface area is 153 Å². The lowest BCUT2D eigenvalue weighted by molar-refractivity contribution is 0.0600. The topological polar surface area (TPSA) is 82.1 Å². The molecule has 1 aliphatic heterocycles. The first-order valence-corrected chi connectivity index (χ1v) is 9.02. The normalized spacial score (nSPS) is 13.2.